The zero-order valence-corrected chi connectivity index (χ0v) is 13.4. The lowest BCUT2D eigenvalue weighted by molar-refractivity contribution is 0.607. The van der Waals surface area contributed by atoms with E-state index in [0.29, 0.717) is 0 Å². The van der Waals surface area contributed by atoms with Gasteiger partial charge in [0.25, 0.3) is 0 Å². The zero-order chi connectivity index (χ0) is 15.2. The Hall–Kier alpha value is -1.96. The Morgan fingerprint density at radius 1 is 0.682 bits per heavy atom. The summed E-state index contributed by atoms with van der Waals surface area (Å²) in [6.07, 6.45) is 9.20. The van der Waals surface area contributed by atoms with Crippen LogP contribution in [0, 0.1) is 0 Å². The van der Waals surface area contributed by atoms with Gasteiger partial charge in [0.15, 0.2) is 0 Å². The van der Waals surface area contributed by atoms with Crippen molar-refractivity contribution in [1.82, 2.24) is 9.97 Å². The zero-order valence-electron chi connectivity index (χ0n) is 13.4. The second-order valence-electron chi connectivity index (χ2n) is 6.05. The van der Waals surface area contributed by atoms with Crippen LogP contribution in [0.15, 0.2) is 42.5 Å². The summed E-state index contributed by atoms with van der Waals surface area (Å²) in [4.78, 5) is 9.43. The lowest BCUT2D eigenvalue weighted by Gasteiger charge is -2.05. The van der Waals surface area contributed by atoms with Crippen molar-refractivity contribution >= 4 is 22.1 Å². The van der Waals surface area contributed by atoms with Crippen LogP contribution in [-0.4, -0.2) is 9.97 Å². The van der Waals surface area contributed by atoms with E-state index in [4.69, 9.17) is 4.98 Å². The number of aromatic nitrogens is 2. The lowest BCUT2D eigenvalue weighted by atomic mass is 10.0. The summed E-state index contributed by atoms with van der Waals surface area (Å²) >= 11 is 0. The molecule has 1 heterocycles. The Bertz CT molecular complexity index is 749. The van der Waals surface area contributed by atoms with E-state index in [9.17, 15) is 0 Å². The number of nitrogens with zero attached hydrogens (tertiary/aromatic N) is 2. The molecule has 0 radical (unpaired) electrons. The molecule has 0 spiro atoms. The van der Waals surface area contributed by atoms with Crippen LogP contribution in [0.3, 0.4) is 0 Å². The molecule has 0 unspecified atom stereocenters. The Balaban J connectivity index is 1.68. The van der Waals surface area contributed by atoms with E-state index in [1.165, 1.54) is 44.1 Å². The van der Waals surface area contributed by atoms with Gasteiger partial charge in [0.1, 0.15) is 0 Å². The molecule has 0 saturated heterocycles. The van der Waals surface area contributed by atoms with Gasteiger partial charge in [-0.25, -0.2) is 9.97 Å². The van der Waals surface area contributed by atoms with E-state index < -0.39 is 0 Å². The second-order valence-corrected chi connectivity index (χ2v) is 6.05. The number of hydrogen-bond acceptors (Lipinski definition) is 2. The van der Waals surface area contributed by atoms with Gasteiger partial charge >= 0.3 is 0 Å². The maximum absolute atomic E-state index is 4.74. The van der Waals surface area contributed by atoms with Gasteiger partial charge < -0.3 is 0 Å². The van der Waals surface area contributed by atoms with Crippen molar-refractivity contribution < 1.29 is 0 Å². The van der Waals surface area contributed by atoms with Gasteiger partial charge in [0, 0.05) is 0 Å². The van der Waals surface area contributed by atoms with E-state index in [2.05, 4.69) is 30.1 Å². The molecule has 0 N–H and O–H groups in total. The highest BCUT2D eigenvalue weighted by Crippen LogP contribution is 2.18. The Kier molecular flexibility index (Phi) is 4.99. The molecule has 0 aliphatic rings. The van der Waals surface area contributed by atoms with Gasteiger partial charge in [-0.1, -0.05) is 57.2 Å². The molecule has 1 aromatic heterocycles. The van der Waals surface area contributed by atoms with E-state index in [1.807, 2.05) is 24.3 Å². The van der Waals surface area contributed by atoms with Crippen molar-refractivity contribution in [2.75, 3.05) is 0 Å². The highest BCUT2D eigenvalue weighted by Gasteiger charge is 2.02. The first-order valence-electron chi connectivity index (χ1n) is 8.52. The predicted molar refractivity (Wildman–Crippen MR) is 94.1 cm³/mol. The first kappa shape index (κ1) is 15.0. The van der Waals surface area contributed by atoms with Gasteiger partial charge in [-0.2, -0.15) is 0 Å². The SMILES string of the molecule is CCCCCCCCc1ccc2nc3ccccc3nc2c1. The number of benzene rings is 2. The lowest BCUT2D eigenvalue weighted by Crippen LogP contribution is -1.91. The van der Waals surface area contributed by atoms with Crippen LogP contribution in [0.2, 0.25) is 0 Å². The third kappa shape index (κ3) is 3.62. The number of unbranched alkanes of at least 4 members (excludes halogenated alkanes) is 5. The van der Waals surface area contributed by atoms with E-state index >= 15 is 0 Å². The van der Waals surface area contributed by atoms with E-state index in [-0.39, 0.29) is 0 Å². The molecular formula is C20H24N2. The Morgan fingerprint density at radius 2 is 1.32 bits per heavy atom. The molecule has 2 nitrogen and oxygen atoms in total. The molecule has 0 bridgehead atoms. The van der Waals surface area contributed by atoms with Crippen LogP contribution in [-0.2, 0) is 6.42 Å². The van der Waals surface area contributed by atoms with Crippen LogP contribution in [0.4, 0.5) is 0 Å². The molecule has 3 aromatic rings. The minimum Gasteiger partial charge on any atom is -0.245 e. The fourth-order valence-electron chi connectivity index (χ4n) is 2.93. The number of para-hydroxylation sites is 2. The minimum absolute atomic E-state index is 0.971. The van der Waals surface area contributed by atoms with Gasteiger partial charge in [-0.15, -0.1) is 0 Å². The number of rotatable bonds is 7. The first-order valence-corrected chi connectivity index (χ1v) is 8.52. The molecule has 3 rings (SSSR count). The molecule has 0 fully saturated rings. The van der Waals surface area contributed by atoms with Crippen molar-refractivity contribution in [2.45, 2.75) is 51.9 Å². The highest BCUT2D eigenvalue weighted by molar-refractivity contribution is 5.86. The molecule has 22 heavy (non-hydrogen) atoms. The summed E-state index contributed by atoms with van der Waals surface area (Å²) in [6, 6.07) is 14.6. The molecule has 0 atom stereocenters. The molecule has 2 aromatic carbocycles. The monoisotopic (exact) mass is 292 g/mol. The van der Waals surface area contributed by atoms with Crippen molar-refractivity contribution in [2.24, 2.45) is 0 Å². The molecule has 0 aliphatic heterocycles. The maximum atomic E-state index is 4.74. The quantitative estimate of drug-likeness (QED) is 0.413. The predicted octanol–water partition coefficient (Wildman–Crippen LogP) is 5.69. The molecular weight excluding hydrogens is 268 g/mol. The maximum Gasteiger partial charge on any atom is 0.0897 e. The summed E-state index contributed by atoms with van der Waals surface area (Å²) < 4.78 is 0. The summed E-state index contributed by atoms with van der Waals surface area (Å²) in [5.41, 5.74) is 5.34. The van der Waals surface area contributed by atoms with E-state index in [1.54, 1.807) is 0 Å². The smallest absolute Gasteiger partial charge is 0.0897 e. The van der Waals surface area contributed by atoms with E-state index in [0.717, 1.165) is 28.5 Å². The number of hydrogen-bond donors (Lipinski definition) is 0. The fraction of sp³-hybridized carbons (Fsp3) is 0.400. The van der Waals surface area contributed by atoms with Crippen molar-refractivity contribution in [3.63, 3.8) is 0 Å². The van der Waals surface area contributed by atoms with Crippen LogP contribution in [0.1, 0.15) is 51.0 Å². The third-order valence-electron chi connectivity index (χ3n) is 4.22. The highest BCUT2D eigenvalue weighted by atomic mass is 14.8. The van der Waals surface area contributed by atoms with Crippen molar-refractivity contribution in [1.29, 1.82) is 0 Å². The average Bonchev–Trinajstić information content (AvgIpc) is 2.56. The number of fused-ring (bicyclic) bond motifs is 2. The van der Waals surface area contributed by atoms with Gasteiger partial charge in [0.05, 0.1) is 22.1 Å². The van der Waals surface area contributed by atoms with Crippen LogP contribution in [0.5, 0.6) is 0 Å². The topological polar surface area (TPSA) is 25.8 Å². The van der Waals surface area contributed by atoms with Crippen LogP contribution >= 0.6 is 0 Å². The average molecular weight is 292 g/mol. The first-order chi connectivity index (χ1) is 10.9. The van der Waals surface area contributed by atoms with Gasteiger partial charge in [-0.05, 0) is 42.7 Å². The normalized spacial score (nSPS) is 11.3. The summed E-state index contributed by atoms with van der Waals surface area (Å²) in [5.74, 6) is 0. The molecule has 0 amide bonds. The van der Waals surface area contributed by atoms with Crippen LogP contribution < -0.4 is 0 Å². The molecule has 114 valence electrons. The fourth-order valence-corrected chi connectivity index (χ4v) is 2.93. The van der Waals surface area contributed by atoms with Crippen molar-refractivity contribution in [3.05, 3.63) is 48.0 Å². The molecule has 0 saturated carbocycles. The standard InChI is InChI=1S/C20H24N2/c1-2-3-4-5-6-7-10-16-13-14-19-20(15-16)22-18-12-9-8-11-17(18)21-19/h8-9,11-15H,2-7,10H2,1H3. The summed E-state index contributed by atoms with van der Waals surface area (Å²) in [6.45, 7) is 2.26. The largest absolute Gasteiger partial charge is 0.245 e. The molecule has 2 heteroatoms. The summed E-state index contributed by atoms with van der Waals surface area (Å²) in [7, 11) is 0. The second kappa shape index (κ2) is 7.35. The third-order valence-corrected chi connectivity index (χ3v) is 4.22. The van der Waals surface area contributed by atoms with Crippen molar-refractivity contribution in [3.8, 4) is 0 Å². The minimum atomic E-state index is 0.971. The summed E-state index contributed by atoms with van der Waals surface area (Å²) in [5, 5.41) is 0. The van der Waals surface area contributed by atoms with Crippen LogP contribution in [0.25, 0.3) is 22.1 Å². The van der Waals surface area contributed by atoms with Gasteiger partial charge in [-0.3, -0.25) is 0 Å². The Labute approximate surface area is 132 Å². The number of aryl methyl sites for hydroxylation is 1. The molecule has 0 aliphatic carbocycles. The Morgan fingerprint density at radius 3 is 2.09 bits per heavy atom. The van der Waals surface area contributed by atoms with Gasteiger partial charge in [0.2, 0.25) is 0 Å².